The maximum Gasteiger partial charge on any atom is 0.194 e. The molecule has 1 saturated heterocycles. The molecule has 1 fully saturated rings. The van der Waals surface area contributed by atoms with Gasteiger partial charge in [0.1, 0.15) is 11.3 Å². The van der Waals surface area contributed by atoms with E-state index in [4.69, 9.17) is 13.9 Å². The highest BCUT2D eigenvalue weighted by molar-refractivity contribution is 14.0. The van der Waals surface area contributed by atoms with Crippen molar-refractivity contribution in [2.75, 3.05) is 40.5 Å². The van der Waals surface area contributed by atoms with E-state index in [0.29, 0.717) is 12.6 Å². The van der Waals surface area contributed by atoms with Crippen LogP contribution in [0.1, 0.15) is 25.0 Å². The first-order valence-electron chi connectivity index (χ1n) is 9.33. The number of aliphatic imine (C=N–C) groups is 1. The summed E-state index contributed by atoms with van der Waals surface area (Å²) >= 11 is 0. The Morgan fingerprint density at radius 1 is 1.26 bits per heavy atom. The van der Waals surface area contributed by atoms with Crippen LogP contribution in [0.15, 0.2) is 39.7 Å². The van der Waals surface area contributed by atoms with E-state index in [9.17, 15) is 0 Å². The summed E-state index contributed by atoms with van der Waals surface area (Å²) in [5.74, 6) is 1.84. The number of halogens is 1. The Morgan fingerprint density at radius 3 is 2.74 bits per heavy atom. The van der Waals surface area contributed by atoms with Crippen LogP contribution < -0.4 is 5.32 Å². The first-order valence-corrected chi connectivity index (χ1v) is 9.33. The number of nitrogens with zero attached hydrogens (tertiary/aromatic N) is 2. The van der Waals surface area contributed by atoms with Crippen molar-refractivity contribution in [2.24, 2.45) is 4.99 Å². The molecule has 1 aliphatic rings. The molecule has 0 amide bonds. The van der Waals surface area contributed by atoms with E-state index >= 15 is 0 Å². The van der Waals surface area contributed by atoms with Gasteiger partial charge >= 0.3 is 0 Å². The SMILES string of the molecule is CN=C(NCc1cc2ccccc2o1)N1CCC(OCCCOC)CC1.I. The van der Waals surface area contributed by atoms with E-state index in [1.807, 2.05) is 25.2 Å². The number of fused-ring (bicyclic) bond motifs is 1. The number of guanidine groups is 1. The van der Waals surface area contributed by atoms with E-state index in [-0.39, 0.29) is 24.0 Å². The smallest absolute Gasteiger partial charge is 0.194 e. The molecule has 7 heteroatoms. The lowest BCUT2D eigenvalue weighted by Gasteiger charge is -2.34. The molecule has 0 aliphatic carbocycles. The minimum Gasteiger partial charge on any atom is -0.459 e. The lowest BCUT2D eigenvalue weighted by molar-refractivity contribution is 0.00988. The number of rotatable bonds is 7. The Bertz CT molecular complexity index is 678. The van der Waals surface area contributed by atoms with E-state index in [1.165, 1.54) is 0 Å². The number of ether oxygens (including phenoxy) is 2. The molecule has 150 valence electrons. The van der Waals surface area contributed by atoms with Gasteiger partial charge in [-0.3, -0.25) is 4.99 Å². The normalized spacial score (nSPS) is 15.8. The molecule has 0 radical (unpaired) electrons. The van der Waals surface area contributed by atoms with Crippen LogP contribution in [-0.4, -0.2) is 57.4 Å². The molecule has 6 nitrogen and oxygen atoms in total. The zero-order valence-electron chi connectivity index (χ0n) is 16.1. The second kappa shape index (κ2) is 11.5. The Hall–Kier alpha value is -1.32. The van der Waals surface area contributed by atoms with Gasteiger partial charge in [-0.2, -0.15) is 0 Å². The first kappa shape index (κ1) is 22.0. The molecule has 0 atom stereocenters. The molecule has 3 rings (SSSR count). The van der Waals surface area contributed by atoms with Gasteiger partial charge in [-0.15, -0.1) is 24.0 Å². The number of hydrogen-bond acceptors (Lipinski definition) is 4. The summed E-state index contributed by atoms with van der Waals surface area (Å²) in [6.07, 6.45) is 3.35. The van der Waals surface area contributed by atoms with Crippen molar-refractivity contribution < 1.29 is 13.9 Å². The van der Waals surface area contributed by atoms with E-state index in [0.717, 1.165) is 68.3 Å². The highest BCUT2D eigenvalue weighted by atomic mass is 127. The number of methoxy groups -OCH3 is 1. The molecule has 2 aromatic rings. The van der Waals surface area contributed by atoms with Crippen molar-refractivity contribution in [1.82, 2.24) is 10.2 Å². The zero-order valence-corrected chi connectivity index (χ0v) is 18.5. The molecule has 0 unspecified atom stereocenters. The number of benzene rings is 1. The Labute approximate surface area is 178 Å². The van der Waals surface area contributed by atoms with Crippen molar-refractivity contribution in [3.8, 4) is 0 Å². The summed E-state index contributed by atoms with van der Waals surface area (Å²) in [5.41, 5.74) is 0.922. The van der Waals surface area contributed by atoms with Gasteiger partial charge in [0.15, 0.2) is 5.96 Å². The Balaban J connectivity index is 0.00000261. The fourth-order valence-electron chi connectivity index (χ4n) is 3.31. The van der Waals surface area contributed by atoms with Crippen LogP contribution in [-0.2, 0) is 16.0 Å². The van der Waals surface area contributed by atoms with Crippen LogP contribution in [0.25, 0.3) is 11.0 Å². The summed E-state index contributed by atoms with van der Waals surface area (Å²) in [6, 6.07) is 10.1. The summed E-state index contributed by atoms with van der Waals surface area (Å²) in [4.78, 5) is 6.71. The largest absolute Gasteiger partial charge is 0.459 e. The molecular formula is C20H30IN3O3. The summed E-state index contributed by atoms with van der Waals surface area (Å²) in [5, 5.41) is 4.55. The predicted molar refractivity (Wildman–Crippen MR) is 119 cm³/mol. The average molecular weight is 487 g/mol. The zero-order chi connectivity index (χ0) is 18.2. The lowest BCUT2D eigenvalue weighted by Crippen LogP contribution is -2.46. The maximum atomic E-state index is 5.93. The molecule has 0 saturated carbocycles. The van der Waals surface area contributed by atoms with Crippen molar-refractivity contribution in [3.05, 3.63) is 36.1 Å². The van der Waals surface area contributed by atoms with Crippen molar-refractivity contribution >= 4 is 40.9 Å². The fourth-order valence-corrected chi connectivity index (χ4v) is 3.31. The third-order valence-corrected chi connectivity index (χ3v) is 4.70. The second-order valence-electron chi connectivity index (χ2n) is 6.55. The molecule has 2 heterocycles. The second-order valence-corrected chi connectivity index (χ2v) is 6.55. The van der Waals surface area contributed by atoms with Gasteiger partial charge in [0.05, 0.1) is 12.6 Å². The molecular weight excluding hydrogens is 457 g/mol. The van der Waals surface area contributed by atoms with Gasteiger partial charge < -0.3 is 24.1 Å². The van der Waals surface area contributed by atoms with E-state index in [2.05, 4.69) is 27.3 Å². The van der Waals surface area contributed by atoms with Gasteiger partial charge in [0.2, 0.25) is 0 Å². The Kier molecular flexibility index (Phi) is 9.36. The van der Waals surface area contributed by atoms with Crippen LogP contribution >= 0.6 is 24.0 Å². The molecule has 27 heavy (non-hydrogen) atoms. The highest BCUT2D eigenvalue weighted by Crippen LogP contribution is 2.19. The summed E-state index contributed by atoms with van der Waals surface area (Å²) in [6.45, 7) is 4.08. The number of hydrogen-bond donors (Lipinski definition) is 1. The predicted octanol–water partition coefficient (Wildman–Crippen LogP) is 3.64. The standard InChI is InChI=1S/C20H29N3O3.HI/c1-21-20(22-15-18-14-16-6-3-4-7-19(16)26-18)23-10-8-17(9-11-23)25-13-5-12-24-2;/h3-4,6-7,14,17H,5,8-13,15H2,1-2H3,(H,21,22);1H. The average Bonchev–Trinajstić information content (AvgIpc) is 3.10. The number of piperidine rings is 1. The lowest BCUT2D eigenvalue weighted by atomic mass is 10.1. The van der Waals surface area contributed by atoms with Gasteiger partial charge in [-0.25, -0.2) is 0 Å². The minimum absolute atomic E-state index is 0. The van der Waals surface area contributed by atoms with Crippen LogP contribution in [0.4, 0.5) is 0 Å². The number of furan rings is 1. The number of para-hydroxylation sites is 1. The molecule has 1 aromatic heterocycles. The third kappa shape index (κ3) is 6.36. The van der Waals surface area contributed by atoms with Crippen LogP contribution in [0.3, 0.4) is 0 Å². The number of nitrogens with one attached hydrogen (secondary N) is 1. The molecule has 1 aromatic carbocycles. The van der Waals surface area contributed by atoms with Crippen molar-refractivity contribution in [2.45, 2.75) is 31.9 Å². The highest BCUT2D eigenvalue weighted by Gasteiger charge is 2.22. The summed E-state index contributed by atoms with van der Waals surface area (Å²) < 4.78 is 16.8. The quantitative estimate of drug-likeness (QED) is 0.280. The molecule has 1 aliphatic heterocycles. The number of likely N-dealkylation sites (tertiary alicyclic amines) is 1. The van der Waals surface area contributed by atoms with Crippen LogP contribution in [0, 0.1) is 0 Å². The van der Waals surface area contributed by atoms with E-state index in [1.54, 1.807) is 7.11 Å². The van der Waals surface area contributed by atoms with Gasteiger partial charge in [-0.05, 0) is 31.4 Å². The topological polar surface area (TPSA) is 59.2 Å². The minimum atomic E-state index is 0. The Morgan fingerprint density at radius 2 is 2.04 bits per heavy atom. The van der Waals surface area contributed by atoms with Crippen molar-refractivity contribution in [3.63, 3.8) is 0 Å². The molecule has 0 bridgehead atoms. The third-order valence-electron chi connectivity index (χ3n) is 4.70. The summed E-state index contributed by atoms with van der Waals surface area (Å²) in [7, 11) is 3.55. The molecule has 1 N–H and O–H groups in total. The van der Waals surface area contributed by atoms with Gasteiger partial charge in [0, 0.05) is 45.8 Å². The monoisotopic (exact) mass is 487 g/mol. The van der Waals surface area contributed by atoms with Gasteiger partial charge in [-0.1, -0.05) is 18.2 Å². The van der Waals surface area contributed by atoms with E-state index < -0.39 is 0 Å². The van der Waals surface area contributed by atoms with Gasteiger partial charge in [0.25, 0.3) is 0 Å². The first-order chi connectivity index (χ1) is 12.8. The molecule has 0 spiro atoms. The van der Waals surface area contributed by atoms with Crippen molar-refractivity contribution in [1.29, 1.82) is 0 Å². The van der Waals surface area contributed by atoms with Crippen LogP contribution in [0.5, 0.6) is 0 Å². The maximum absolute atomic E-state index is 5.93. The fraction of sp³-hybridized carbons (Fsp3) is 0.550. The van der Waals surface area contributed by atoms with Crippen LogP contribution in [0.2, 0.25) is 0 Å².